The van der Waals surface area contributed by atoms with Gasteiger partial charge in [0.05, 0.1) is 0 Å². The molecule has 0 saturated carbocycles. The number of ether oxygens (including phenoxy) is 1. The van der Waals surface area contributed by atoms with Crippen LogP contribution in [0.5, 0.6) is 0 Å². The maximum Gasteiger partial charge on any atom is 0.407 e. The van der Waals surface area contributed by atoms with Crippen molar-refractivity contribution in [2.45, 2.75) is 46.1 Å². The Hall–Kier alpha value is -1.06. The summed E-state index contributed by atoms with van der Waals surface area (Å²) in [6.07, 6.45) is 2.13. The Morgan fingerprint density at radius 1 is 1.47 bits per heavy atom. The SMILES string of the molecule is CCCC(C=O)CNC(=O)OC(C)(C)C. The zero-order chi connectivity index (χ0) is 11.9. The lowest BCUT2D eigenvalue weighted by Crippen LogP contribution is -2.35. The predicted molar refractivity (Wildman–Crippen MR) is 58.7 cm³/mol. The fourth-order valence-corrected chi connectivity index (χ4v) is 1.12. The predicted octanol–water partition coefficient (Wildman–Crippen LogP) is 2.13. The molecule has 0 rings (SSSR count). The highest BCUT2D eigenvalue weighted by atomic mass is 16.6. The first kappa shape index (κ1) is 13.9. The molecule has 0 aliphatic heterocycles. The Bertz CT molecular complexity index is 208. The quantitative estimate of drug-likeness (QED) is 0.715. The van der Waals surface area contributed by atoms with E-state index in [0.29, 0.717) is 6.54 Å². The van der Waals surface area contributed by atoms with Crippen molar-refractivity contribution in [1.82, 2.24) is 5.32 Å². The van der Waals surface area contributed by atoms with E-state index in [-0.39, 0.29) is 5.92 Å². The van der Waals surface area contributed by atoms with Crippen LogP contribution < -0.4 is 5.32 Å². The zero-order valence-corrected chi connectivity index (χ0v) is 10.0. The molecule has 1 atom stereocenters. The number of nitrogens with one attached hydrogen (secondary N) is 1. The number of amides is 1. The molecule has 1 N–H and O–H groups in total. The molecule has 0 radical (unpaired) electrons. The molecular weight excluding hydrogens is 194 g/mol. The second kappa shape index (κ2) is 6.43. The number of hydrogen-bond acceptors (Lipinski definition) is 3. The molecule has 1 unspecified atom stereocenters. The molecule has 0 aliphatic rings. The van der Waals surface area contributed by atoms with Crippen LogP contribution in [0.4, 0.5) is 4.79 Å². The van der Waals surface area contributed by atoms with Gasteiger partial charge in [0.25, 0.3) is 0 Å². The molecule has 4 heteroatoms. The summed E-state index contributed by atoms with van der Waals surface area (Å²) in [5, 5.41) is 2.58. The van der Waals surface area contributed by atoms with Gasteiger partial charge in [-0.05, 0) is 27.2 Å². The smallest absolute Gasteiger partial charge is 0.407 e. The van der Waals surface area contributed by atoms with Gasteiger partial charge in [0.1, 0.15) is 11.9 Å². The van der Waals surface area contributed by atoms with Crippen LogP contribution in [0.1, 0.15) is 40.5 Å². The van der Waals surface area contributed by atoms with Gasteiger partial charge in [-0.2, -0.15) is 0 Å². The van der Waals surface area contributed by atoms with E-state index in [4.69, 9.17) is 4.74 Å². The minimum atomic E-state index is -0.495. The van der Waals surface area contributed by atoms with Gasteiger partial charge in [-0.25, -0.2) is 4.79 Å². The largest absolute Gasteiger partial charge is 0.444 e. The summed E-state index contributed by atoms with van der Waals surface area (Å²) in [7, 11) is 0. The van der Waals surface area contributed by atoms with Gasteiger partial charge in [0.2, 0.25) is 0 Å². The highest BCUT2D eigenvalue weighted by Crippen LogP contribution is 2.07. The van der Waals surface area contributed by atoms with Gasteiger partial charge < -0.3 is 14.8 Å². The van der Waals surface area contributed by atoms with Gasteiger partial charge in [-0.1, -0.05) is 13.3 Å². The molecule has 0 aromatic carbocycles. The Labute approximate surface area is 91.4 Å². The molecule has 4 nitrogen and oxygen atoms in total. The average molecular weight is 215 g/mol. The summed E-state index contributed by atoms with van der Waals surface area (Å²) in [6, 6.07) is 0. The van der Waals surface area contributed by atoms with Crippen LogP contribution in [0.3, 0.4) is 0 Å². The van der Waals surface area contributed by atoms with Crippen molar-refractivity contribution >= 4 is 12.4 Å². The third-order valence-corrected chi connectivity index (χ3v) is 1.76. The highest BCUT2D eigenvalue weighted by Gasteiger charge is 2.16. The van der Waals surface area contributed by atoms with E-state index in [0.717, 1.165) is 19.1 Å². The van der Waals surface area contributed by atoms with E-state index in [1.807, 2.05) is 6.92 Å². The Morgan fingerprint density at radius 3 is 2.47 bits per heavy atom. The molecule has 0 fully saturated rings. The van der Waals surface area contributed by atoms with Crippen LogP contribution in [0.15, 0.2) is 0 Å². The molecule has 0 heterocycles. The highest BCUT2D eigenvalue weighted by molar-refractivity contribution is 5.68. The van der Waals surface area contributed by atoms with Crippen molar-refractivity contribution in [3.8, 4) is 0 Å². The summed E-state index contributed by atoms with van der Waals surface area (Å²) in [6.45, 7) is 7.76. The van der Waals surface area contributed by atoms with Crippen LogP contribution >= 0.6 is 0 Å². The minimum Gasteiger partial charge on any atom is -0.444 e. The van der Waals surface area contributed by atoms with Crippen molar-refractivity contribution < 1.29 is 14.3 Å². The normalized spacial score (nSPS) is 13.1. The lowest BCUT2D eigenvalue weighted by molar-refractivity contribution is -0.111. The number of aldehydes is 1. The van der Waals surface area contributed by atoms with Crippen molar-refractivity contribution in [3.05, 3.63) is 0 Å². The van der Waals surface area contributed by atoms with Crippen LogP contribution in [-0.4, -0.2) is 24.5 Å². The van der Waals surface area contributed by atoms with E-state index >= 15 is 0 Å². The molecule has 0 aliphatic carbocycles. The van der Waals surface area contributed by atoms with Gasteiger partial charge in [0, 0.05) is 12.5 Å². The van der Waals surface area contributed by atoms with Crippen molar-refractivity contribution in [2.75, 3.05) is 6.54 Å². The molecule has 15 heavy (non-hydrogen) atoms. The number of hydrogen-bond donors (Lipinski definition) is 1. The maximum absolute atomic E-state index is 11.2. The number of rotatable bonds is 5. The summed E-state index contributed by atoms with van der Waals surface area (Å²) in [5.74, 6) is -0.109. The first-order valence-electron chi connectivity index (χ1n) is 5.31. The Balaban J connectivity index is 3.83. The lowest BCUT2D eigenvalue weighted by Gasteiger charge is -2.20. The first-order chi connectivity index (χ1) is 6.89. The Kier molecular flexibility index (Phi) is 5.97. The lowest BCUT2D eigenvalue weighted by atomic mass is 10.1. The van der Waals surface area contributed by atoms with Crippen molar-refractivity contribution in [3.63, 3.8) is 0 Å². The zero-order valence-electron chi connectivity index (χ0n) is 10.0. The first-order valence-corrected chi connectivity index (χ1v) is 5.31. The fraction of sp³-hybridized carbons (Fsp3) is 0.818. The Morgan fingerprint density at radius 2 is 2.07 bits per heavy atom. The third kappa shape index (κ3) is 7.97. The van der Waals surface area contributed by atoms with E-state index in [9.17, 15) is 9.59 Å². The van der Waals surface area contributed by atoms with Crippen molar-refractivity contribution in [1.29, 1.82) is 0 Å². The van der Waals surface area contributed by atoms with E-state index in [1.165, 1.54) is 0 Å². The maximum atomic E-state index is 11.2. The van der Waals surface area contributed by atoms with Gasteiger partial charge >= 0.3 is 6.09 Å². The van der Waals surface area contributed by atoms with E-state index in [1.54, 1.807) is 20.8 Å². The number of carbonyl (C=O) groups excluding carboxylic acids is 2. The monoisotopic (exact) mass is 215 g/mol. The fourth-order valence-electron chi connectivity index (χ4n) is 1.12. The van der Waals surface area contributed by atoms with Crippen LogP contribution in [0.2, 0.25) is 0 Å². The number of alkyl carbamates (subject to hydrolysis) is 1. The van der Waals surface area contributed by atoms with Gasteiger partial charge in [0.15, 0.2) is 0 Å². The van der Waals surface area contributed by atoms with Gasteiger partial charge in [-0.15, -0.1) is 0 Å². The summed E-state index contributed by atoms with van der Waals surface area (Å²) >= 11 is 0. The minimum absolute atomic E-state index is 0.109. The summed E-state index contributed by atoms with van der Waals surface area (Å²) < 4.78 is 5.04. The molecular formula is C11H21NO3. The van der Waals surface area contributed by atoms with Crippen LogP contribution in [-0.2, 0) is 9.53 Å². The average Bonchev–Trinajstić information content (AvgIpc) is 2.09. The van der Waals surface area contributed by atoms with E-state index < -0.39 is 11.7 Å². The van der Waals surface area contributed by atoms with E-state index in [2.05, 4.69) is 5.32 Å². The van der Waals surface area contributed by atoms with Gasteiger partial charge in [-0.3, -0.25) is 0 Å². The summed E-state index contributed by atoms with van der Waals surface area (Å²) in [4.78, 5) is 21.8. The molecule has 0 spiro atoms. The second-order valence-electron chi connectivity index (χ2n) is 4.57. The number of carbonyl (C=O) groups is 2. The molecule has 0 bridgehead atoms. The molecule has 0 saturated heterocycles. The summed E-state index contributed by atoms with van der Waals surface area (Å²) in [5.41, 5.74) is -0.495. The van der Waals surface area contributed by atoms with Crippen molar-refractivity contribution in [2.24, 2.45) is 5.92 Å². The molecule has 0 aromatic rings. The molecule has 88 valence electrons. The second-order valence-corrected chi connectivity index (χ2v) is 4.57. The molecule has 0 aromatic heterocycles. The standard InChI is InChI=1S/C11H21NO3/c1-5-6-9(8-13)7-12-10(14)15-11(2,3)4/h8-9H,5-7H2,1-4H3,(H,12,14). The third-order valence-electron chi connectivity index (χ3n) is 1.76. The van der Waals surface area contributed by atoms with Crippen LogP contribution in [0.25, 0.3) is 0 Å². The molecule has 1 amide bonds. The topological polar surface area (TPSA) is 55.4 Å². The van der Waals surface area contributed by atoms with Crippen LogP contribution in [0, 0.1) is 5.92 Å².